The predicted octanol–water partition coefficient (Wildman–Crippen LogP) is 3.50. The maximum Gasteiger partial charge on any atom is 0.261 e. The molecule has 0 radical (unpaired) electrons. The number of benzene rings is 2. The van der Waals surface area contributed by atoms with Crippen molar-refractivity contribution in [3.05, 3.63) is 60.7 Å². The minimum Gasteiger partial charge on any atom is -0.344 e. The first-order chi connectivity index (χ1) is 8.45. The largest absolute Gasteiger partial charge is 0.344 e. The summed E-state index contributed by atoms with van der Waals surface area (Å²) >= 11 is 1.79. The van der Waals surface area contributed by atoms with Gasteiger partial charge in [0.25, 0.3) is 10.1 Å². The van der Waals surface area contributed by atoms with Crippen molar-refractivity contribution in [1.82, 2.24) is 6.15 Å². The highest BCUT2D eigenvalue weighted by atomic mass is 32.2. The van der Waals surface area contributed by atoms with Gasteiger partial charge in [-0.1, -0.05) is 48.2 Å². The van der Waals surface area contributed by atoms with Crippen molar-refractivity contribution in [2.24, 2.45) is 0 Å². The van der Waals surface area contributed by atoms with Gasteiger partial charge in [0, 0.05) is 9.79 Å². The lowest BCUT2D eigenvalue weighted by atomic mass is 10.4. The van der Waals surface area contributed by atoms with E-state index in [1.54, 1.807) is 11.8 Å². The van der Waals surface area contributed by atoms with Crippen molar-refractivity contribution in [3.63, 3.8) is 0 Å². The predicted molar refractivity (Wildman–Crippen MR) is 79.5 cm³/mol. The fourth-order valence-corrected chi connectivity index (χ4v) is 1.97. The maximum absolute atomic E-state index is 9.19. The summed E-state index contributed by atoms with van der Waals surface area (Å²) in [6.07, 6.45) is 0.715. The summed E-state index contributed by atoms with van der Waals surface area (Å²) in [5, 5.41) is 0. The highest BCUT2D eigenvalue weighted by molar-refractivity contribution is 7.99. The Kier molecular flexibility index (Phi) is 8.09. The van der Waals surface area contributed by atoms with E-state index in [2.05, 4.69) is 48.5 Å². The second kappa shape index (κ2) is 8.71. The van der Waals surface area contributed by atoms with Crippen LogP contribution in [0.5, 0.6) is 0 Å². The first-order valence-electron chi connectivity index (χ1n) is 5.15. The maximum atomic E-state index is 9.19. The van der Waals surface area contributed by atoms with Crippen LogP contribution in [0.1, 0.15) is 0 Å². The van der Waals surface area contributed by atoms with Crippen LogP contribution in [-0.2, 0) is 10.1 Å². The molecule has 2 aromatic carbocycles. The van der Waals surface area contributed by atoms with Gasteiger partial charge < -0.3 is 6.15 Å². The van der Waals surface area contributed by atoms with E-state index in [-0.39, 0.29) is 6.15 Å². The van der Waals surface area contributed by atoms with Gasteiger partial charge in [-0.15, -0.1) is 0 Å². The summed E-state index contributed by atoms with van der Waals surface area (Å²) in [7, 11) is -3.67. The van der Waals surface area contributed by atoms with E-state index in [9.17, 15) is 8.42 Å². The average molecular weight is 299 g/mol. The summed E-state index contributed by atoms with van der Waals surface area (Å²) < 4.78 is 25.9. The van der Waals surface area contributed by atoms with Crippen LogP contribution in [0.25, 0.3) is 0 Å². The van der Waals surface area contributed by atoms with Crippen LogP contribution in [0.15, 0.2) is 70.5 Å². The van der Waals surface area contributed by atoms with E-state index >= 15 is 0 Å². The Morgan fingerprint density at radius 3 is 1.37 bits per heavy atom. The molecule has 2 rings (SSSR count). The fraction of sp³-hybridized carbons (Fsp3) is 0.0769. The lowest BCUT2D eigenvalue weighted by Crippen LogP contribution is -1.88. The Labute approximate surface area is 118 Å². The lowest BCUT2D eigenvalue weighted by molar-refractivity contribution is 0.490. The third kappa shape index (κ3) is 10.3. The van der Waals surface area contributed by atoms with Crippen LogP contribution in [0, 0.1) is 0 Å². The van der Waals surface area contributed by atoms with Gasteiger partial charge >= 0.3 is 0 Å². The Hall–Kier alpha value is -1.34. The molecule has 104 valence electrons. The lowest BCUT2D eigenvalue weighted by Gasteiger charge is -1.99. The van der Waals surface area contributed by atoms with E-state index in [0.717, 1.165) is 0 Å². The molecule has 0 atom stereocenters. The van der Waals surface area contributed by atoms with Crippen LogP contribution in [0.4, 0.5) is 0 Å². The quantitative estimate of drug-likeness (QED) is 0.828. The molecule has 0 spiro atoms. The van der Waals surface area contributed by atoms with E-state index in [1.165, 1.54) is 9.79 Å². The van der Waals surface area contributed by atoms with E-state index in [4.69, 9.17) is 4.55 Å². The van der Waals surface area contributed by atoms with Gasteiger partial charge in [0.1, 0.15) is 0 Å². The number of hydrogen-bond acceptors (Lipinski definition) is 4. The molecule has 4 nitrogen and oxygen atoms in total. The second-order valence-electron chi connectivity index (χ2n) is 3.46. The van der Waals surface area contributed by atoms with Crippen LogP contribution in [-0.4, -0.2) is 19.2 Å². The van der Waals surface area contributed by atoms with Crippen molar-refractivity contribution in [1.29, 1.82) is 0 Å². The molecule has 0 bridgehead atoms. The van der Waals surface area contributed by atoms with Gasteiger partial charge in [0.2, 0.25) is 0 Å². The second-order valence-corrected chi connectivity index (χ2v) is 6.07. The van der Waals surface area contributed by atoms with Crippen molar-refractivity contribution in [2.75, 3.05) is 6.26 Å². The first kappa shape index (κ1) is 17.7. The van der Waals surface area contributed by atoms with E-state index in [0.29, 0.717) is 6.26 Å². The molecule has 0 aliphatic heterocycles. The zero-order valence-electron chi connectivity index (χ0n) is 10.6. The summed E-state index contributed by atoms with van der Waals surface area (Å²) in [6, 6.07) is 20.8. The molecule has 0 aliphatic rings. The molecular formula is C13H17NO3S2. The number of hydrogen-bond donors (Lipinski definition) is 2. The molecule has 0 fully saturated rings. The Bertz CT molecular complexity index is 511. The molecule has 0 aliphatic carbocycles. The highest BCUT2D eigenvalue weighted by Gasteiger charge is 1.93. The summed E-state index contributed by atoms with van der Waals surface area (Å²) in [6.45, 7) is 0. The van der Waals surface area contributed by atoms with E-state index in [1.807, 2.05) is 12.1 Å². The molecule has 0 amide bonds. The monoisotopic (exact) mass is 299 g/mol. The van der Waals surface area contributed by atoms with E-state index < -0.39 is 10.1 Å². The van der Waals surface area contributed by atoms with Gasteiger partial charge in [0.15, 0.2) is 0 Å². The Morgan fingerprint density at radius 1 is 0.842 bits per heavy atom. The zero-order chi connectivity index (χ0) is 13.4. The first-order valence-corrected chi connectivity index (χ1v) is 7.82. The highest BCUT2D eigenvalue weighted by Crippen LogP contribution is 2.26. The standard InChI is InChI=1S/C12H10S.CH4O3S.H3N/c1-3-7-11(8-4-1)13-12-9-5-2-6-10-12;1-5(2,3)4;/h1-10H;1H3,(H,2,3,4);1H3. The minimum absolute atomic E-state index is 0. The van der Waals surface area contributed by atoms with Crippen molar-refractivity contribution in [3.8, 4) is 0 Å². The number of rotatable bonds is 2. The molecule has 2 aromatic rings. The van der Waals surface area contributed by atoms with Gasteiger partial charge in [-0.05, 0) is 24.3 Å². The molecule has 0 aromatic heterocycles. The topological polar surface area (TPSA) is 89.4 Å². The summed E-state index contributed by atoms with van der Waals surface area (Å²) in [5.41, 5.74) is 0. The Morgan fingerprint density at radius 2 is 1.11 bits per heavy atom. The summed E-state index contributed by atoms with van der Waals surface area (Å²) in [5.74, 6) is 0. The van der Waals surface area contributed by atoms with Crippen LogP contribution in [0.3, 0.4) is 0 Å². The molecular weight excluding hydrogens is 282 g/mol. The molecule has 0 saturated heterocycles. The molecule has 0 heterocycles. The van der Waals surface area contributed by atoms with Gasteiger partial charge in [0.05, 0.1) is 6.26 Å². The van der Waals surface area contributed by atoms with Gasteiger partial charge in [-0.3, -0.25) is 4.55 Å². The SMILES string of the molecule is CS(=O)(=O)O.N.c1ccc(Sc2ccccc2)cc1. The third-order valence-electron chi connectivity index (χ3n) is 1.72. The van der Waals surface area contributed by atoms with Gasteiger partial charge in [-0.2, -0.15) is 8.42 Å². The minimum atomic E-state index is -3.67. The van der Waals surface area contributed by atoms with Crippen LogP contribution in [0.2, 0.25) is 0 Å². The zero-order valence-corrected chi connectivity index (χ0v) is 12.2. The smallest absolute Gasteiger partial charge is 0.261 e. The van der Waals surface area contributed by atoms with Crippen molar-refractivity contribution in [2.45, 2.75) is 9.79 Å². The fourth-order valence-electron chi connectivity index (χ4n) is 1.11. The molecule has 0 saturated carbocycles. The normalized spacial score (nSPS) is 9.79. The van der Waals surface area contributed by atoms with Crippen LogP contribution >= 0.6 is 11.8 Å². The van der Waals surface area contributed by atoms with Crippen molar-refractivity contribution >= 4 is 21.9 Å². The Balaban J connectivity index is 0.000000471. The summed E-state index contributed by atoms with van der Waals surface area (Å²) in [4.78, 5) is 2.57. The molecule has 19 heavy (non-hydrogen) atoms. The molecule has 0 unspecified atom stereocenters. The average Bonchev–Trinajstić information content (AvgIpc) is 2.29. The van der Waals surface area contributed by atoms with Crippen LogP contribution < -0.4 is 6.15 Å². The molecule has 6 heteroatoms. The van der Waals surface area contributed by atoms with Gasteiger partial charge in [-0.25, -0.2) is 0 Å². The third-order valence-corrected chi connectivity index (χ3v) is 2.74. The molecule has 4 N–H and O–H groups in total. The van der Waals surface area contributed by atoms with Crippen molar-refractivity contribution < 1.29 is 13.0 Å².